The van der Waals surface area contributed by atoms with E-state index in [-0.39, 0.29) is 5.57 Å². The van der Waals surface area contributed by atoms with Crippen molar-refractivity contribution in [2.24, 2.45) is 35.0 Å². The van der Waals surface area contributed by atoms with Crippen molar-refractivity contribution in [1.82, 2.24) is 0 Å². The van der Waals surface area contributed by atoms with Gasteiger partial charge in [-0.1, -0.05) is 81.0 Å². The number of hydrogen-bond acceptors (Lipinski definition) is 13. The fourth-order valence-electron chi connectivity index (χ4n) is 6.54. The lowest BCUT2D eigenvalue weighted by Gasteiger charge is -2.43. The van der Waals surface area contributed by atoms with Crippen molar-refractivity contribution in [2.75, 3.05) is 0 Å². The molecule has 0 aromatic heterocycles. The molecule has 2 unspecified atom stereocenters. The Balaban J connectivity index is 3.07. The predicted octanol–water partition coefficient (Wildman–Crippen LogP) is 4.19. The third kappa shape index (κ3) is 9.65. The van der Waals surface area contributed by atoms with Crippen molar-refractivity contribution >= 4 is 35.6 Å². The van der Waals surface area contributed by atoms with E-state index in [0.717, 1.165) is 13.8 Å². The zero-order valence-corrected chi connectivity index (χ0v) is 32.1. The Morgan fingerprint density at radius 3 is 1.88 bits per heavy atom. The summed E-state index contributed by atoms with van der Waals surface area (Å²) in [6.45, 7) is 22.4. The molecule has 2 aliphatic carbocycles. The first kappa shape index (κ1) is 43.6. The number of Topliss-reactive ketones (excluding diaryl/α,β-unsaturated/α-hetero) is 1. The summed E-state index contributed by atoms with van der Waals surface area (Å²) < 4.78 is 29.3. The van der Waals surface area contributed by atoms with Gasteiger partial charge in [-0.2, -0.15) is 0 Å². The van der Waals surface area contributed by atoms with E-state index in [2.05, 4.69) is 6.58 Å². The number of aliphatic hydroxyl groups is 2. The Morgan fingerprint density at radius 2 is 1.39 bits per heavy atom. The second kappa shape index (κ2) is 16.8. The van der Waals surface area contributed by atoms with Crippen molar-refractivity contribution in [3.8, 4) is 0 Å². The highest BCUT2D eigenvalue weighted by atomic mass is 16.6. The van der Waals surface area contributed by atoms with Crippen molar-refractivity contribution < 1.29 is 62.7 Å². The predicted molar refractivity (Wildman–Crippen MR) is 184 cm³/mol. The number of allylic oxidation sites excluding steroid dienone is 1. The van der Waals surface area contributed by atoms with Gasteiger partial charge in [0.2, 0.25) is 0 Å². The Labute approximate surface area is 301 Å². The number of fused-ring (bicyclic) bond motifs is 1. The molecule has 0 aromatic carbocycles. The topological polar surface area (TPSA) is 189 Å². The number of carbonyl (C=O) groups excluding carboxylic acids is 6. The number of esters is 5. The fraction of sp³-hybridized carbons (Fsp3) is 0.737. The van der Waals surface area contributed by atoms with Crippen LogP contribution in [0.2, 0.25) is 0 Å². The van der Waals surface area contributed by atoms with Crippen LogP contribution in [0, 0.1) is 35.0 Å². The highest BCUT2D eigenvalue weighted by Crippen LogP contribution is 2.52. The monoisotopic (exact) mass is 722 g/mol. The summed E-state index contributed by atoms with van der Waals surface area (Å²) in [5, 5.41) is 25.0. The standard InChI is InChI=1S/C38H58O13/c1-14-20(5)34(44)50-31-26-27(41)23(8)28(49-33(43)19(3)4)29(47-24(9)39)32(48-25(10)40)36(11,12)17-16-22(7)30(42)38(26,46)18-37(31,13)51-35(45)21(6)15-2/h16-17,19-22,26-29,31-32,41,46H,8,14-15,18H2,1-7,9-13H3/b17-16+/t20?,21?,22-,26-,27-,28-,29+,31+,32+,37+,38+/m0/s1. The van der Waals surface area contributed by atoms with Gasteiger partial charge >= 0.3 is 29.8 Å². The Morgan fingerprint density at radius 1 is 0.863 bits per heavy atom. The smallest absolute Gasteiger partial charge is 0.309 e. The lowest BCUT2D eigenvalue weighted by Crippen LogP contribution is -2.57. The van der Waals surface area contributed by atoms with Crippen LogP contribution in [-0.2, 0) is 52.5 Å². The van der Waals surface area contributed by atoms with Gasteiger partial charge in [0.15, 0.2) is 30.2 Å². The van der Waals surface area contributed by atoms with Gasteiger partial charge in [0, 0.05) is 31.6 Å². The normalized spacial score (nSPS) is 34.1. The third-order valence-electron chi connectivity index (χ3n) is 10.1. The van der Waals surface area contributed by atoms with Crippen molar-refractivity contribution in [3.63, 3.8) is 0 Å². The molecule has 1 saturated carbocycles. The molecule has 0 heterocycles. The minimum Gasteiger partial charge on any atom is -0.458 e. The molecule has 0 aliphatic heterocycles. The zero-order valence-electron chi connectivity index (χ0n) is 32.1. The summed E-state index contributed by atoms with van der Waals surface area (Å²) in [5.74, 6) is -9.41. The van der Waals surface area contributed by atoms with Crippen LogP contribution >= 0.6 is 0 Å². The van der Waals surface area contributed by atoms with Gasteiger partial charge in [-0.15, -0.1) is 0 Å². The Kier molecular flexibility index (Phi) is 14.4. The van der Waals surface area contributed by atoms with E-state index in [4.69, 9.17) is 23.7 Å². The lowest BCUT2D eigenvalue weighted by atomic mass is 9.72. The molecule has 11 atom stereocenters. The quantitative estimate of drug-likeness (QED) is 0.186. The minimum atomic E-state index is -2.51. The molecule has 1 fully saturated rings. The molecule has 288 valence electrons. The number of hydrogen-bond donors (Lipinski definition) is 2. The van der Waals surface area contributed by atoms with Crippen molar-refractivity contribution in [3.05, 3.63) is 24.3 Å². The summed E-state index contributed by atoms with van der Waals surface area (Å²) in [6.07, 6.45) is -5.14. The molecular formula is C38H58O13. The number of rotatable bonds is 10. The van der Waals surface area contributed by atoms with E-state index in [9.17, 15) is 39.0 Å². The van der Waals surface area contributed by atoms with Crippen LogP contribution in [0.3, 0.4) is 0 Å². The van der Waals surface area contributed by atoms with E-state index in [1.54, 1.807) is 61.5 Å². The van der Waals surface area contributed by atoms with Crippen LogP contribution < -0.4 is 0 Å². The summed E-state index contributed by atoms with van der Waals surface area (Å²) in [6, 6.07) is 0. The van der Waals surface area contributed by atoms with Crippen LogP contribution in [0.15, 0.2) is 24.3 Å². The number of aliphatic hydroxyl groups excluding tert-OH is 1. The molecule has 2 N–H and O–H groups in total. The first-order valence-electron chi connectivity index (χ1n) is 17.7. The summed E-state index contributed by atoms with van der Waals surface area (Å²) in [5.41, 5.74) is -5.94. The van der Waals surface area contributed by atoms with Crippen molar-refractivity contribution in [2.45, 2.75) is 144 Å². The summed E-state index contributed by atoms with van der Waals surface area (Å²) in [7, 11) is 0. The van der Waals surface area contributed by atoms with Crippen LogP contribution in [0.25, 0.3) is 0 Å². The molecule has 0 spiro atoms. The number of carbonyl (C=O) groups is 6. The zero-order chi connectivity index (χ0) is 39.4. The molecule has 0 aromatic rings. The number of ketones is 1. The average molecular weight is 723 g/mol. The van der Waals surface area contributed by atoms with E-state index in [1.165, 1.54) is 19.9 Å². The van der Waals surface area contributed by atoms with Gasteiger partial charge in [-0.05, 0) is 25.3 Å². The highest BCUT2D eigenvalue weighted by molar-refractivity contribution is 5.92. The SMILES string of the molecule is C=C1[C@H](O)[C@H]2[C@@H](OC(=O)C(C)CC)[C@](C)(OC(=O)C(C)CC)C[C@]2(O)C(=O)[C@@H](C)/C=C/C(C)(C)[C@H](OC(C)=O)[C@H](OC(C)=O)[C@H]1OC(=O)C(C)C. The largest absolute Gasteiger partial charge is 0.458 e. The minimum absolute atomic E-state index is 0.362. The summed E-state index contributed by atoms with van der Waals surface area (Å²) >= 11 is 0. The molecule has 2 aliphatic rings. The molecule has 0 bridgehead atoms. The molecule has 0 radical (unpaired) electrons. The first-order valence-corrected chi connectivity index (χ1v) is 17.7. The van der Waals surface area contributed by atoms with E-state index in [0.29, 0.717) is 12.8 Å². The first-order chi connectivity index (χ1) is 23.4. The van der Waals surface area contributed by atoms with Crippen LogP contribution in [0.4, 0.5) is 0 Å². The second-order valence-corrected chi connectivity index (χ2v) is 15.3. The van der Waals surface area contributed by atoms with Gasteiger partial charge in [0.1, 0.15) is 11.2 Å². The van der Waals surface area contributed by atoms with E-state index >= 15 is 0 Å². The maximum atomic E-state index is 14.5. The number of ether oxygens (including phenoxy) is 5. The van der Waals surface area contributed by atoms with Gasteiger partial charge in [-0.25, -0.2) is 0 Å². The third-order valence-corrected chi connectivity index (χ3v) is 10.1. The molecule has 0 amide bonds. The maximum Gasteiger partial charge on any atom is 0.309 e. The molecule has 13 nitrogen and oxygen atoms in total. The van der Waals surface area contributed by atoms with Gasteiger partial charge in [0.05, 0.1) is 29.8 Å². The molecule has 51 heavy (non-hydrogen) atoms. The molecule has 2 rings (SSSR count). The van der Waals surface area contributed by atoms with Crippen LogP contribution in [0.5, 0.6) is 0 Å². The fourth-order valence-corrected chi connectivity index (χ4v) is 6.54. The van der Waals surface area contributed by atoms with E-state index < -0.39 is 119 Å². The van der Waals surface area contributed by atoms with Crippen molar-refractivity contribution in [1.29, 1.82) is 0 Å². The van der Waals surface area contributed by atoms with Crippen LogP contribution in [0.1, 0.15) is 102 Å². The lowest BCUT2D eigenvalue weighted by molar-refractivity contribution is -0.194. The van der Waals surface area contributed by atoms with Crippen LogP contribution in [-0.4, -0.2) is 87.6 Å². The molecular weight excluding hydrogens is 664 g/mol. The Bertz CT molecular complexity index is 1380. The molecule has 13 heteroatoms. The van der Waals surface area contributed by atoms with E-state index in [1.807, 2.05) is 0 Å². The maximum absolute atomic E-state index is 14.5. The molecule has 0 saturated heterocycles. The van der Waals surface area contributed by atoms with Gasteiger partial charge in [-0.3, -0.25) is 28.8 Å². The van der Waals surface area contributed by atoms with Gasteiger partial charge < -0.3 is 33.9 Å². The summed E-state index contributed by atoms with van der Waals surface area (Å²) in [4.78, 5) is 79.6. The Hall–Kier alpha value is -3.58. The highest BCUT2D eigenvalue weighted by Gasteiger charge is 2.69. The average Bonchev–Trinajstić information content (AvgIpc) is 3.26. The van der Waals surface area contributed by atoms with Gasteiger partial charge in [0.25, 0.3) is 0 Å². The second-order valence-electron chi connectivity index (χ2n) is 15.3.